The molecule has 0 amide bonds. The first-order valence-electron chi connectivity index (χ1n) is 26.1. The van der Waals surface area contributed by atoms with Crippen LogP contribution in [-0.4, -0.2) is 0 Å². The number of hydrogen-bond donors (Lipinski definition) is 0. The molecule has 8 saturated carbocycles. The van der Waals surface area contributed by atoms with Crippen LogP contribution in [0.4, 0.5) is 0 Å². The minimum Gasteiger partial charge on any atom is -0.0622 e. The van der Waals surface area contributed by atoms with E-state index in [-0.39, 0.29) is 21.7 Å². The molecule has 0 aliphatic heterocycles. The number of benzene rings is 7. The van der Waals surface area contributed by atoms with Crippen LogP contribution in [0.3, 0.4) is 0 Å². The van der Waals surface area contributed by atoms with Crippen LogP contribution in [0.15, 0.2) is 182 Å². The van der Waals surface area contributed by atoms with Crippen LogP contribution >= 0.6 is 0 Å². The van der Waals surface area contributed by atoms with Gasteiger partial charge in [-0.2, -0.15) is 0 Å². The van der Waals surface area contributed by atoms with Crippen molar-refractivity contribution in [3.8, 4) is 47.4 Å². The van der Waals surface area contributed by atoms with Crippen molar-refractivity contribution in [3.05, 3.63) is 249 Å². The molecule has 0 saturated heterocycles. The maximum absolute atomic E-state index is 3.62. The average molecular weight is 899 g/mol. The van der Waals surface area contributed by atoms with E-state index in [2.05, 4.69) is 217 Å². The molecule has 0 radical (unpaired) electrons. The van der Waals surface area contributed by atoms with E-state index >= 15 is 0 Å². The summed E-state index contributed by atoms with van der Waals surface area (Å²) in [5.41, 5.74) is 15.2. The highest BCUT2D eigenvalue weighted by molar-refractivity contribution is 5.59. The Morgan fingerprint density at radius 1 is 0.257 bits per heavy atom. The molecule has 8 bridgehead atoms. The smallest absolute Gasteiger partial charge is 0.0408 e. The summed E-state index contributed by atoms with van der Waals surface area (Å²) in [5, 5.41) is 0. The predicted molar refractivity (Wildman–Crippen MR) is 285 cm³/mol. The maximum Gasteiger partial charge on any atom is 0.0408 e. The fraction of sp³-hybridized carbons (Fsp3) is 0.286. The summed E-state index contributed by atoms with van der Waals surface area (Å²) in [6.07, 6.45) is 15.7. The van der Waals surface area contributed by atoms with Crippen LogP contribution in [0, 0.1) is 71.0 Å². The van der Waals surface area contributed by atoms with Gasteiger partial charge in [0.1, 0.15) is 0 Å². The lowest BCUT2D eigenvalue weighted by Gasteiger charge is -2.63. The zero-order valence-corrected chi connectivity index (χ0v) is 40.1. The molecule has 0 N–H and O–H groups in total. The van der Waals surface area contributed by atoms with Gasteiger partial charge in [-0.15, -0.1) is 0 Å². The quantitative estimate of drug-likeness (QED) is 0.154. The predicted octanol–water partition coefficient (Wildman–Crippen LogP) is 14.9. The summed E-state index contributed by atoms with van der Waals surface area (Å²) < 4.78 is 0. The van der Waals surface area contributed by atoms with Gasteiger partial charge in [-0.1, -0.05) is 157 Å². The van der Waals surface area contributed by atoms with Gasteiger partial charge in [-0.3, -0.25) is 0 Å². The second kappa shape index (κ2) is 17.3. The van der Waals surface area contributed by atoms with Crippen molar-refractivity contribution in [2.45, 2.75) is 98.7 Å². The maximum atomic E-state index is 3.62. The van der Waals surface area contributed by atoms with Crippen molar-refractivity contribution in [1.29, 1.82) is 0 Å². The van der Waals surface area contributed by atoms with Crippen LogP contribution < -0.4 is 0 Å². The summed E-state index contributed by atoms with van der Waals surface area (Å²) >= 11 is 0. The SMILES string of the molecule is C(#Cc1ccc(C23CC4CC(CC(c5ccc(C67CC8CC(C6)CC(c6ccc(C#Cc9ccccc9)c(C#Cc9ccccc9)c6)(C8)C7)cc5)(C4)C2)C3)cc1C#Cc1ccccc1)c1ccccc1. The van der Waals surface area contributed by atoms with Crippen LogP contribution in [0.25, 0.3) is 0 Å². The van der Waals surface area contributed by atoms with E-state index in [9.17, 15) is 0 Å². The van der Waals surface area contributed by atoms with Crippen LogP contribution in [-0.2, 0) is 21.7 Å². The first kappa shape index (κ1) is 42.8. The summed E-state index contributed by atoms with van der Waals surface area (Å²) in [7, 11) is 0. The molecular formula is C70H58. The van der Waals surface area contributed by atoms with E-state index in [1.807, 2.05) is 12.1 Å². The first-order valence-corrected chi connectivity index (χ1v) is 26.1. The highest BCUT2D eigenvalue weighted by atomic mass is 14.6. The average Bonchev–Trinajstić information content (AvgIpc) is 3.39. The third-order valence-electron chi connectivity index (χ3n) is 18.0. The zero-order chi connectivity index (χ0) is 46.6. The molecule has 8 fully saturated rings. The monoisotopic (exact) mass is 898 g/mol. The highest BCUT2D eigenvalue weighted by Gasteiger charge is 2.60. The minimum atomic E-state index is 0.163. The third-order valence-corrected chi connectivity index (χ3v) is 18.0. The van der Waals surface area contributed by atoms with Gasteiger partial charge in [0.15, 0.2) is 0 Å². The van der Waals surface area contributed by atoms with E-state index in [4.69, 9.17) is 0 Å². The van der Waals surface area contributed by atoms with Gasteiger partial charge in [-0.05, 0) is 217 Å². The molecule has 0 spiro atoms. The topological polar surface area (TPSA) is 0 Å². The van der Waals surface area contributed by atoms with Gasteiger partial charge in [0, 0.05) is 44.5 Å². The van der Waals surface area contributed by atoms with Crippen LogP contribution in [0.1, 0.15) is 144 Å². The molecule has 8 aliphatic rings. The lowest BCUT2D eigenvalue weighted by molar-refractivity contribution is -0.0297. The molecule has 338 valence electrons. The Hall–Kier alpha value is -7.22. The van der Waals surface area contributed by atoms with Gasteiger partial charge in [-0.25, -0.2) is 0 Å². The van der Waals surface area contributed by atoms with Gasteiger partial charge in [0.05, 0.1) is 0 Å². The lowest BCUT2D eigenvalue weighted by atomic mass is 9.41. The molecule has 7 aromatic rings. The Bertz CT molecular complexity index is 3110. The molecule has 15 rings (SSSR count). The van der Waals surface area contributed by atoms with E-state index in [1.165, 1.54) is 88.2 Å². The van der Waals surface area contributed by atoms with E-state index < -0.39 is 0 Å². The van der Waals surface area contributed by atoms with Crippen molar-refractivity contribution < 1.29 is 0 Å². The van der Waals surface area contributed by atoms with Crippen LogP contribution in [0.5, 0.6) is 0 Å². The normalized spacial score (nSPS) is 28.2. The summed E-state index contributed by atoms with van der Waals surface area (Å²) in [5.74, 6) is 31.2. The second-order valence-electron chi connectivity index (χ2n) is 22.6. The molecule has 4 atom stereocenters. The van der Waals surface area contributed by atoms with Crippen molar-refractivity contribution >= 4 is 0 Å². The van der Waals surface area contributed by atoms with E-state index in [0.29, 0.717) is 0 Å². The number of hydrogen-bond acceptors (Lipinski definition) is 0. The minimum absolute atomic E-state index is 0.163. The molecule has 0 nitrogen and oxygen atoms in total. The summed E-state index contributed by atoms with van der Waals surface area (Å²) in [6.45, 7) is 0. The zero-order valence-electron chi connectivity index (χ0n) is 40.1. The largest absolute Gasteiger partial charge is 0.0622 e. The molecular weight excluding hydrogens is 841 g/mol. The summed E-state index contributed by atoms with van der Waals surface area (Å²) in [6, 6.07) is 66.3. The Morgan fingerprint density at radius 3 is 0.814 bits per heavy atom. The third kappa shape index (κ3) is 8.00. The lowest BCUT2D eigenvalue weighted by Crippen LogP contribution is -2.56. The molecule has 0 aromatic heterocycles. The van der Waals surface area contributed by atoms with E-state index in [1.54, 1.807) is 11.1 Å². The Morgan fingerprint density at radius 2 is 0.514 bits per heavy atom. The first-order chi connectivity index (χ1) is 34.4. The molecule has 0 heteroatoms. The van der Waals surface area contributed by atoms with Gasteiger partial charge in [0.2, 0.25) is 0 Å². The van der Waals surface area contributed by atoms with Gasteiger partial charge < -0.3 is 0 Å². The standard InChI is InChI=1S/C70H58/c1-5-13-51(14-6-1)21-25-59-29-31-65(39-61(59)27-23-53-17-9-3-10-18-53)69-45-55-37-56(46-69)42-67(41-55,49-69)63-33-35-64(36-34-63)68-43-57-38-58(44-68)48-70(47-57,50-68)66-32-30-60(26-22-52-15-7-2-8-16-52)62(40-66)28-24-54-19-11-4-12-20-54/h1-20,29-36,39-40,55-58H,37-38,41-50H2. The Kier molecular flexibility index (Phi) is 10.6. The van der Waals surface area contributed by atoms with Gasteiger partial charge in [0.25, 0.3) is 0 Å². The van der Waals surface area contributed by atoms with E-state index in [0.717, 1.165) is 68.2 Å². The Labute approximate surface area is 416 Å². The molecule has 8 aliphatic carbocycles. The molecule has 7 aromatic carbocycles. The van der Waals surface area contributed by atoms with Crippen molar-refractivity contribution in [1.82, 2.24) is 0 Å². The fourth-order valence-electron chi connectivity index (χ4n) is 15.9. The van der Waals surface area contributed by atoms with Crippen molar-refractivity contribution in [3.63, 3.8) is 0 Å². The van der Waals surface area contributed by atoms with Gasteiger partial charge >= 0.3 is 0 Å². The Balaban J connectivity index is 0.813. The van der Waals surface area contributed by atoms with Crippen molar-refractivity contribution in [2.24, 2.45) is 23.7 Å². The highest BCUT2D eigenvalue weighted by Crippen LogP contribution is 2.68. The molecule has 4 unspecified atom stereocenters. The number of rotatable bonds is 4. The molecule has 0 heterocycles. The second-order valence-corrected chi connectivity index (χ2v) is 22.6. The fourth-order valence-corrected chi connectivity index (χ4v) is 15.9. The van der Waals surface area contributed by atoms with Crippen LogP contribution in [0.2, 0.25) is 0 Å². The molecule has 70 heavy (non-hydrogen) atoms. The summed E-state index contributed by atoms with van der Waals surface area (Å²) in [4.78, 5) is 0. The van der Waals surface area contributed by atoms with Crippen molar-refractivity contribution in [2.75, 3.05) is 0 Å².